The van der Waals surface area contributed by atoms with Crippen LogP contribution >= 0.6 is 23.4 Å². The highest BCUT2D eigenvalue weighted by atomic mass is 35.5. The van der Waals surface area contributed by atoms with Crippen molar-refractivity contribution in [1.82, 2.24) is 9.78 Å². The summed E-state index contributed by atoms with van der Waals surface area (Å²) in [5, 5.41) is 14.8. The van der Waals surface area contributed by atoms with Gasteiger partial charge < -0.3 is 5.11 Å². The SMILES string of the molecule is Cc1nn(C)c(CC2CSCC2O)c1Cl. The zero-order valence-electron chi connectivity index (χ0n) is 8.90. The Balaban J connectivity index is 2.16. The Bertz CT molecular complexity index is 367. The Kier molecular flexibility index (Phi) is 3.28. The maximum Gasteiger partial charge on any atom is 0.0847 e. The Morgan fingerprint density at radius 2 is 2.33 bits per heavy atom. The summed E-state index contributed by atoms with van der Waals surface area (Å²) in [7, 11) is 1.91. The molecule has 0 aromatic carbocycles. The second-order valence-electron chi connectivity index (χ2n) is 4.04. The van der Waals surface area contributed by atoms with Gasteiger partial charge in [-0.25, -0.2) is 0 Å². The summed E-state index contributed by atoms with van der Waals surface area (Å²) in [6.07, 6.45) is 0.630. The summed E-state index contributed by atoms with van der Waals surface area (Å²) in [4.78, 5) is 0. The van der Waals surface area contributed by atoms with E-state index in [2.05, 4.69) is 5.10 Å². The van der Waals surface area contributed by atoms with Gasteiger partial charge in [0.25, 0.3) is 0 Å². The number of aliphatic hydroxyl groups excluding tert-OH is 1. The van der Waals surface area contributed by atoms with Crippen molar-refractivity contribution in [3.8, 4) is 0 Å². The van der Waals surface area contributed by atoms with Crippen LogP contribution in [-0.4, -0.2) is 32.5 Å². The number of aromatic nitrogens is 2. The molecule has 1 aromatic heterocycles. The monoisotopic (exact) mass is 246 g/mol. The van der Waals surface area contributed by atoms with Crippen LogP contribution < -0.4 is 0 Å². The molecule has 3 nitrogen and oxygen atoms in total. The van der Waals surface area contributed by atoms with E-state index >= 15 is 0 Å². The molecule has 1 fully saturated rings. The van der Waals surface area contributed by atoms with Gasteiger partial charge in [0.15, 0.2) is 0 Å². The van der Waals surface area contributed by atoms with Crippen molar-refractivity contribution >= 4 is 23.4 Å². The van der Waals surface area contributed by atoms with Crippen LogP contribution in [0.15, 0.2) is 0 Å². The van der Waals surface area contributed by atoms with Gasteiger partial charge >= 0.3 is 0 Å². The average molecular weight is 247 g/mol. The van der Waals surface area contributed by atoms with E-state index in [1.165, 1.54) is 0 Å². The third kappa shape index (κ3) is 2.17. The van der Waals surface area contributed by atoms with E-state index in [-0.39, 0.29) is 6.10 Å². The molecule has 2 heterocycles. The minimum absolute atomic E-state index is 0.193. The fourth-order valence-electron chi connectivity index (χ4n) is 1.93. The van der Waals surface area contributed by atoms with Crippen molar-refractivity contribution in [2.75, 3.05) is 11.5 Å². The van der Waals surface area contributed by atoms with Crippen LogP contribution in [0.25, 0.3) is 0 Å². The molecule has 1 saturated heterocycles. The predicted octanol–water partition coefficient (Wildman–Crippen LogP) is 1.65. The van der Waals surface area contributed by atoms with E-state index in [4.69, 9.17) is 11.6 Å². The Morgan fingerprint density at radius 3 is 2.80 bits per heavy atom. The van der Waals surface area contributed by atoms with E-state index < -0.39 is 0 Å². The van der Waals surface area contributed by atoms with Crippen LogP contribution in [0.3, 0.4) is 0 Å². The maximum atomic E-state index is 9.75. The zero-order chi connectivity index (χ0) is 11.0. The van der Waals surface area contributed by atoms with Crippen LogP contribution in [0.5, 0.6) is 0 Å². The van der Waals surface area contributed by atoms with Gasteiger partial charge in [0.2, 0.25) is 0 Å². The summed E-state index contributed by atoms with van der Waals surface area (Å²) in [5.74, 6) is 2.18. The third-order valence-corrected chi connectivity index (χ3v) is 4.61. The number of aryl methyl sites for hydroxylation is 2. The normalized spacial score (nSPS) is 26.1. The van der Waals surface area contributed by atoms with Gasteiger partial charge in [0.05, 0.1) is 22.5 Å². The molecule has 1 aliphatic rings. The molecule has 0 saturated carbocycles. The van der Waals surface area contributed by atoms with Crippen molar-refractivity contribution in [1.29, 1.82) is 0 Å². The molecule has 1 aromatic rings. The molecule has 2 atom stereocenters. The van der Waals surface area contributed by atoms with Crippen LogP contribution in [0.4, 0.5) is 0 Å². The van der Waals surface area contributed by atoms with Crippen LogP contribution in [0.2, 0.25) is 5.02 Å². The fraction of sp³-hybridized carbons (Fsp3) is 0.700. The number of rotatable bonds is 2. The molecule has 2 unspecified atom stereocenters. The van der Waals surface area contributed by atoms with E-state index in [0.29, 0.717) is 5.92 Å². The minimum atomic E-state index is -0.193. The van der Waals surface area contributed by atoms with Crippen molar-refractivity contribution < 1.29 is 5.11 Å². The number of nitrogens with zero attached hydrogens (tertiary/aromatic N) is 2. The van der Waals surface area contributed by atoms with Gasteiger partial charge in [-0.15, -0.1) is 0 Å². The van der Waals surface area contributed by atoms with Crippen molar-refractivity contribution in [2.45, 2.75) is 19.4 Å². The van der Waals surface area contributed by atoms with E-state index in [1.54, 1.807) is 11.8 Å². The first-order valence-electron chi connectivity index (χ1n) is 5.03. The first-order chi connectivity index (χ1) is 7.09. The van der Waals surface area contributed by atoms with Crippen LogP contribution in [0, 0.1) is 12.8 Å². The molecular weight excluding hydrogens is 232 g/mol. The molecule has 84 valence electrons. The summed E-state index contributed by atoms with van der Waals surface area (Å²) in [5.41, 5.74) is 1.91. The van der Waals surface area contributed by atoms with Crippen LogP contribution in [-0.2, 0) is 13.5 Å². The van der Waals surface area contributed by atoms with Crippen molar-refractivity contribution in [2.24, 2.45) is 13.0 Å². The quantitative estimate of drug-likeness (QED) is 0.863. The lowest BCUT2D eigenvalue weighted by Crippen LogP contribution is -2.21. The van der Waals surface area contributed by atoms with Crippen LogP contribution in [0.1, 0.15) is 11.4 Å². The van der Waals surface area contributed by atoms with Gasteiger partial charge in [-0.05, 0) is 19.1 Å². The lowest BCUT2D eigenvalue weighted by molar-refractivity contribution is 0.148. The molecule has 0 amide bonds. The molecule has 0 aliphatic carbocycles. The van der Waals surface area contributed by atoms with Gasteiger partial charge in [-0.2, -0.15) is 16.9 Å². The predicted molar refractivity (Wildman–Crippen MR) is 63.5 cm³/mol. The summed E-state index contributed by atoms with van der Waals surface area (Å²) < 4.78 is 1.83. The molecule has 15 heavy (non-hydrogen) atoms. The standard InChI is InChI=1S/C10H15ClN2OS/c1-6-10(11)8(13(2)12-6)3-7-4-15-5-9(7)14/h7,9,14H,3-5H2,1-2H3. The number of hydrogen-bond donors (Lipinski definition) is 1. The molecule has 2 rings (SSSR count). The molecule has 0 bridgehead atoms. The zero-order valence-corrected chi connectivity index (χ0v) is 10.5. The molecule has 0 spiro atoms. The lowest BCUT2D eigenvalue weighted by atomic mass is 10.00. The van der Waals surface area contributed by atoms with Gasteiger partial charge in [-0.3, -0.25) is 4.68 Å². The second kappa shape index (κ2) is 4.36. The van der Waals surface area contributed by atoms with E-state index in [1.807, 2.05) is 18.7 Å². The van der Waals surface area contributed by atoms with Gasteiger partial charge in [-0.1, -0.05) is 11.6 Å². The minimum Gasteiger partial charge on any atom is -0.392 e. The summed E-state index contributed by atoms with van der Waals surface area (Å²) in [6, 6.07) is 0. The second-order valence-corrected chi connectivity index (χ2v) is 5.49. The lowest BCUT2D eigenvalue weighted by Gasteiger charge is -2.13. The van der Waals surface area contributed by atoms with E-state index in [0.717, 1.165) is 34.3 Å². The fourth-order valence-corrected chi connectivity index (χ4v) is 3.46. The van der Waals surface area contributed by atoms with Crippen molar-refractivity contribution in [3.63, 3.8) is 0 Å². The third-order valence-electron chi connectivity index (χ3n) is 2.88. The largest absolute Gasteiger partial charge is 0.392 e. The summed E-state index contributed by atoms with van der Waals surface area (Å²) >= 11 is 7.97. The molecule has 1 N–H and O–H groups in total. The van der Waals surface area contributed by atoms with Gasteiger partial charge in [0, 0.05) is 18.7 Å². The number of hydrogen-bond acceptors (Lipinski definition) is 3. The molecular formula is C10H15ClN2OS. The molecule has 1 aliphatic heterocycles. The number of aliphatic hydroxyl groups is 1. The molecule has 5 heteroatoms. The highest BCUT2D eigenvalue weighted by Gasteiger charge is 2.28. The maximum absolute atomic E-state index is 9.75. The summed E-state index contributed by atoms with van der Waals surface area (Å²) in [6.45, 7) is 1.91. The number of halogens is 1. The van der Waals surface area contributed by atoms with E-state index in [9.17, 15) is 5.11 Å². The molecule has 0 radical (unpaired) electrons. The topological polar surface area (TPSA) is 38.0 Å². The number of thioether (sulfide) groups is 1. The van der Waals surface area contributed by atoms with Crippen molar-refractivity contribution in [3.05, 3.63) is 16.4 Å². The average Bonchev–Trinajstić information content (AvgIpc) is 2.67. The Labute approximate surface area is 98.8 Å². The first kappa shape index (κ1) is 11.3. The highest BCUT2D eigenvalue weighted by Crippen LogP contribution is 2.30. The van der Waals surface area contributed by atoms with Gasteiger partial charge in [0.1, 0.15) is 0 Å². The Hall–Kier alpha value is -0.190. The Morgan fingerprint density at radius 1 is 1.60 bits per heavy atom. The highest BCUT2D eigenvalue weighted by molar-refractivity contribution is 7.99. The first-order valence-corrected chi connectivity index (χ1v) is 6.56. The smallest absolute Gasteiger partial charge is 0.0847 e.